The van der Waals surface area contributed by atoms with Crippen LogP contribution in [0.4, 0.5) is 0 Å². The molecular weight excluding hydrogens is 394 g/mol. The van der Waals surface area contributed by atoms with Crippen LogP contribution in [0.2, 0.25) is 0 Å². The van der Waals surface area contributed by atoms with Gasteiger partial charge in [0, 0.05) is 6.42 Å². The summed E-state index contributed by atoms with van der Waals surface area (Å²) in [6.45, 7) is 2.27. The van der Waals surface area contributed by atoms with Crippen LogP contribution in [0, 0.1) is 0 Å². The second kappa shape index (κ2) is 36.3. The molecule has 7 heteroatoms. The zero-order valence-corrected chi connectivity index (χ0v) is 22.5. The number of carbonyl (C=O) groups is 1. The topological polar surface area (TPSA) is 85.9 Å². The van der Waals surface area contributed by atoms with Gasteiger partial charge in [-0.2, -0.15) is 0 Å². The second-order valence-corrected chi connectivity index (χ2v) is 6.09. The van der Waals surface area contributed by atoms with E-state index in [1.807, 2.05) is 0 Å². The third kappa shape index (κ3) is 41.1. The van der Waals surface area contributed by atoms with E-state index in [0.29, 0.717) is 6.42 Å². The predicted molar refractivity (Wildman–Crippen MR) is 107 cm³/mol. The van der Waals surface area contributed by atoms with E-state index in [1.165, 1.54) is 83.5 Å². The monoisotopic (exact) mass is 434 g/mol. The summed E-state index contributed by atoms with van der Waals surface area (Å²) in [5.41, 5.74) is 0. The molecular formula is C18H42Mg2O4Zn. The van der Waals surface area contributed by atoms with Crippen LogP contribution in [0.1, 0.15) is 115 Å². The Morgan fingerprint density at radius 1 is 0.680 bits per heavy atom. The summed E-state index contributed by atoms with van der Waals surface area (Å²) < 4.78 is 8.38. The molecule has 0 spiro atoms. The molecule has 0 aliphatic heterocycles. The fourth-order valence-corrected chi connectivity index (χ4v) is 2.65. The summed E-state index contributed by atoms with van der Waals surface area (Å²) in [6.07, 6.45) is 20.2. The Balaban J connectivity index is -0.0000000614. The molecule has 0 aromatic heterocycles. The zero-order chi connectivity index (χ0) is 16.9. The van der Waals surface area contributed by atoms with E-state index >= 15 is 0 Å². The van der Waals surface area contributed by atoms with E-state index in [1.54, 1.807) is 0 Å². The van der Waals surface area contributed by atoms with Crippen molar-refractivity contribution >= 4 is 52.1 Å². The van der Waals surface area contributed by atoms with Gasteiger partial charge in [-0.15, -0.1) is 0 Å². The molecule has 0 amide bonds. The maximum absolute atomic E-state index is 10.3. The summed E-state index contributed by atoms with van der Waals surface area (Å²) in [7, 11) is 0. The molecule has 4 nitrogen and oxygen atoms in total. The second-order valence-electron chi connectivity index (χ2n) is 6.09. The number of carboxylic acid groups (broad SMARTS) is 1. The van der Waals surface area contributed by atoms with E-state index in [2.05, 4.69) is 6.92 Å². The van der Waals surface area contributed by atoms with Crippen molar-refractivity contribution in [2.45, 2.75) is 110 Å². The Bertz CT molecular complexity index is 252. The molecule has 0 aliphatic carbocycles. The summed E-state index contributed by atoms with van der Waals surface area (Å²) >= 11 is 0.125. The first-order valence-electron chi connectivity index (χ1n) is 9.28. The molecule has 0 saturated carbocycles. The number of unbranched alkanes of at least 4 members (excludes halogenated alkanes) is 14. The molecule has 144 valence electrons. The molecule has 0 atom stereocenters. The van der Waals surface area contributed by atoms with Gasteiger partial charge in [0.05, 0.1) is 0 Å². The summed E-state index contributed by atoms with van der Waals surface area (Å²) in [4.78, 5) is 10.3. The molecule has 25 heavy (non-hydrogen) atoms. The number of aliphatic carboxylic acids is 1. The average Bonchev–Trinajstić information content (AvgIpc) is 2.53. The van der Waals surface area contributed by atoms with Crippen LogP contribution in [0.5, 0.6) is 0 Å². The number of hydrogen-bond acceptors (Lipinski definition) is 2. The molecule has 0 aromatic rings. The minimum atomic E-state index is -0.653. The number of rotatable bonds is 16. The fraction of sp³-hybridized carbons (Fsp3) is 0.944. The first-order valence-corrected chi connectivity index (χ1v) is 10.5. The van der Waals surface area contributed by atoms with Crippen molar-refractivity contribution < 1.29 is 42.9 Å². The quantitative estimate of drug-likeness (QED) is 0.271. The van der Waals surface area contributed by atoms with Gasteiger partial charge in [-0.05, 0) is 6.42 Å². The van der Waals surface area contributed by atoms with Gasteiger partial charge >= 0.3 is 73.9 Å². The molecule has 0 radical (unpaired) electrons. The molecule has 3 N–H and O–H groups in total. The predicted octanol–water partition coefficient (Wildman–Crippen LogP) is 5.07. The number of carboxylic acids is 1. The average molecular weight is 437 g/mol. The Hall–Kier alpha value is 1.39. The summed E-state index contributed by atoms with van der Waals surface area (Å²) in [5.74, 6) is -0.653. The molecule has 0 rings (SSSR count). The molecule has 0 bridgehead atoms. The van der Waals surface area contributed by atoms with Crippen LogP contribution < -0.4 is 0 Å². The molecule has 0 aliphatic rings. The van der Waals surface area contributed by atoms with Crippen molar-refractivity contribution in [1.82, 2.24) is 0 Å². The van der Waals surface area contributed by atoms with Gasteiger partial charge in [-0.3, -0.25) is 4.79 Å². The first kappa shape index (κ1) is 37.2. The van der Waals surface area contributed by atoms with Crippen molar-refractivity contribution in [2.75, 3.05) is 0 Å². The van der Waals surface area contributed by atoms with E-state index < -0.39 is 5.97 Å². The van der Waals surface area contributed by atoms with Gasteiger partial charge in [0.2, 0.25) is 0 Å². The fourth-order valence-electron chi connectivity index (χ4n) is 2.65. The van der Waals surface area contributed by atoms with E-state index in [9.17, 15) is 4.79 Å². The Morgan fingerprint density at radius 3 is 1.16 bits per heavy atom. The molecule has 0 unspecified atom stereocenters. The molecule has 0 heterocycles. The number of hydrogen-bond donors (Lipinski definition) is 1. The standard InChI is InChI=1S/C18H36O2.2Mg.H2O.O.Zn.4H/c1-2-3-4-5-6-7-8-9-10-11-12-13-14-15-16-17-18(19)20;;;;;;;;;/h2-17H2,1H3,(H,19,20);;;1H2;;;;;;/q;2*+2;;;;4*-1. The third-order valence-corrected chi connectivity index (χ3v) is 3.99. The first-order chi connectivity index (χ1) is 10.8. The van der Waals surface area contributed by atoms with Crippen molar-refractivity contribution in [2.24, 2.45) is 0 Å². The van der Waals surface area contributed by atoms with Gasteiger partial charge in [-0.1, -0.05) is 96.8 Å². The van der Waals surface area contributed by atoms with Crippen molar-refractivity contribution in [3.8, 4) is 0 Å². The van der Waals surface area contributed by atoms with E-state index in [4.69, 9.17) is 8.68 Å². The van der Waals surface area contributed by atoms with Crippen LogP contribution in [-0.2, 0) is 26.6 Å². The van der Waals surface area contributed by atoms with Crippen LogP contribution in [0.25, 0.3) is 0 Å². The minimum absolute atomic E-state index is 0. The Morgan fingerprint density at radius 2 is 0.920 bits per heavy atom. The van der Waals surface area contributed by atoms with Crippen LogP contribution in [0.3, 0.4) is 0 Å². The summed E-state index contributed by atoms with van der Waals surface area (Å²) in [6, 6.07) is 0. The molecule has 0 saturated heterocycles. The van der Waals surface area contributed by atoms with Gasteiger partial charge < -0.3 is 16.3 Å². The SMILES string of the molecule is CCCCCCCCCCCCCCCCCC(=O)O.O.[H-].[H-].[H-].[H-].[Mg+2].[Mg+2].[O]=[Zn]. The van der Waals surface area contributed by atoms with Crippen LogP contribution in [-0.4, -0.2) is 62.7 Å². The van der Waals surface area contributed by atoms with Gasteiger partial charge in [0.25, 0.3) is 0 Å². The Labute approximate surface area is 203 Å². The van der Waals surface area contributed by atoms with E-state index in [0.717, 1.165) is 12.8 Å². The maximum atomic E-state index is 10.3. The van der Waals surface area contributed by atoms with Crippen LogP contribution in [0.15, 0.2) is 0 Å². The van der Waals surface area contributed by atoms with Crippen molar-refractivity contribution in [3.05, 3.63) is 0 Å². The van der Waals surface area contributed by atoms with Crippen LogP contribution >= 0.6 is 0 Å². The summed E-state index contributed by atoms with van der Waals surface area (Å²) in [5, 5.41) is 8.52. The normalized spacial score (nSPS) is 8.92. The van der Waals surface area contributed by atoms with Gasteiger partial charge in [0.15, 0.2) is 0 Å². The van der Waals surface area contributed by atoms with Gasteiger partial charge in [-0.25, -0.2) is 0 Å². The Kier molecular flexibility index (Phi) is 54.0. The zero-order valence-electron chi connectivity index (χ0n) is 20.7. The van der Waals surface area contributed by atoms with Crippen molar-refractivity contribution in [1.29, 1.82) is 0 Å². The third-order valence-electron chi connectivity index (χ3n) is 3.99. The van der Waals surface area contributed by atoms with Gasteiger partial charge in [0.1, 0.15) is 0 Å². The van der Waals surface area contributed by atoms with Crippen molar-refractivity contribution in [3.63, 3.8) is 0 Å². The molecule has 0 fully saturated rings. The molecule has 0 aromatic carbocycles. The van der Waals surface area contributed by atoms with E-state index in [-0.39, 0.29) is 75.5 Å².